The largest absolute Gasteiger partial charge is 0.386 e. The van der Waals surface area contributed by atoms with Gasteiger partial charge in [-0.05, 0) is 6.92 Å². The van der Waals surface area contributed by atoms with Crippen LogP contribution in [0.4, 0.5) is 0 Å². The molecule has 0 N–H and O–H groups in total. The summed E-state index contributed by atoms with van der Waals surface area (Å²) in [6.45, 7) is 4.56. The maximum Gasteiger partial charge on any atom is 0.342 e. The topological polar surface area (TPSA) is 43.4 Å². The highest BCUT2D eigenvalue weighted by Crippen LogP contribution is 1.98. The van der Waals surface area contributed by atoms with Gasteiger partial charge >= 0.3 is 11.9 Å². The molecule has 3 nitrogen and oxygen atoms in total. The van der Waals surface area contributed by atoms with E-state index in [0.717, 1.165) is 11.6 Å². The van der Waals surface area contributed by atoms with Crippen LogP contribution in [0.1, 0.15) is 6.92 Å². The van der Waals surface area contributed by atoms with E-state index < -0.39 is 11.9 Å². The first-order valence-corrected chi connectivity index (χ1v) is 3.21. The zero-order valence-electron chi connectivity index (χ0n) is 5.96. The first kappa shape index (κ1) is 9.91. The standard InChI is InChI=1S/C7H7ClO3/c1-3-6(9)11-7(10)5(2)4-8/h3-4H,1H2,2H3. The summed E-state index contributed by atoms with van der Waals surface area (Å²) in [4.78, 5) is 21.1. The molecule has 0 aromatic carbocycles. The van der Waals surface area contributed by atoms with Gasteiger partial charge in [0.05, 0.1) is 0 Å². The number of esters is 2. The van der Waals surface area contributed by atoms with Gasteiger partial charge in [0.15, 0.2) is 0 Å². The van der Waals surface area contributed by atoms with Crippen molar-refractivity contribution in [3.05, 3.63) is 23.8 Å². The summed E-state index contributed by atoms with van der Waals surface area (Å²) in [6, 6.07) is 0. The number of halogens is 1. The van der Waals surface area contributed by atoms with E-state index in [2.05, 4.69) is 11.3 Å². The molecule has 0 amide bonds. The third-order valence-electron chi connectivity index (χ3n) is 0.846. The molecule has 4 heteroatoms. The molecule has 0 aliphatic rings. The Kier molecular flexibility index (Phi) is 4.22. The van der Waals surface area contributed by atoms with Gasteiger partial charge in [-0.1, -0.05) is 18.2 Å². The van der Waals surface area contributed by atoms with E-state index in [1.807, 2.05) is 0 Å². The van der Waals surface area contributed by atoms with E-state index in [4.69, 9.17) is 11.6 Å². The van der Waals surface area contributed by atoms with Crippen molar-refractivity contribution in [2.24, 2.45) is 0 Å². The molecule has 0 aliphatic carbocycles. The van der Waals surface area contributed by atoms with E-state index in [-0.39, 0.29) is 5.57 Å². The van der Waals surface area contributed by atoms with Crippen molar-refractivity contribution < 1.29 is 14.3 Å². The number of carbonyl (C=O) groups is 2. The number of hydrogen-bond donors (Lipinski definition) is 0. The molecule has 0 saturated carbocycles. The lowest BCUT2D eigenvalue weighted by atomic mass is 10.4. The van der Waals surface area contributed by atoms with E-state index in [1.54, 1.807) is 0 Å². The van der Waals surface area contributed by atoms with Crippen molar-refractivity contribution in [2.45, 2.75) is 6.92 Å². The molecule has 0 rings (SSSR count). The summed E-state index contributed by atoms with van der Waals surface area (Å²) in [5.74, 6) is -1.54. The summed E-state index contributed by atoms with van der Waals surface area (Å²) in [6.07, 6.45) is 0.902. The Hall–Kier alpha value is -1.09. The van der Waals surface area contributed by atoms with Crippen LogP contribution in [-0.2, 0) is 14.3 Å². The van der Waals surface area contributed by atoms with Crippen molar-refractivity contribution in [1.82, 2.24) is 0 Å². The predicted molar refractivity (Wildman–Crippen MR) is 40.9 cm³/mol. The highest BCUT2D eigenvalue weighted by Gasteiger charge is 2.08. The normalized spacial score (nSPS) is 10.5. The first-order chi connectivity index (χ1) is 5.11. The molecule has 0 atom stereocenters. The Morgan fingerprint density at radius 2 is 2.09 bits per heavy atom. The molecule has 0 radical (unpaired) electrons. The molecule has 0 unspecified atom stereocenters. The van der Waals surface area contributed by atoms with Crippen LogP contribution in [0.3, 0.4) is 0 Å². The molecule has 0 bridgehead atoms. The van der Waals surface area contributed by atoms with Gasteiger partial charge in [-0.3, -0.25) is 0 Å². The number of hydrogen-bond acceptors (Lipinski definition) is 3. The van der Waals surface area contributed by atoms with Gasteiger partial charge in [-0.2, -0.15) is 0 Å². The highest BCUT2D eigenvalue weighted by atomic mass is 35.5. The Morgan fingerprint density at radius 3 is 2.45 bits per heavy atom. The molecule has 0 aromatic heterocycles. The minimum absolute atomic E-state index is 0.168. The van der Waals surface area contributed by atoms with Crippen LogP contribution < -0.4 is 0 Å². The molecular weight excluding hydrogens is 168 g/mol. The second-order valence-electron chi connectivity index (χ2n) is 1.70. The minimum atomic E-state index is -0.784. The van der Waals surface area contributed by atoms with Gasteiger partial charge in [0, 0.05) is 17.2 Å². The van der Waals surface area contributed by atoms with Crippen molar-refractivity contribution in [3.63, 3.8) is 0 Å². The van der Waals surface area contributed by atoms with Gasteiger partial charge in [0.2, 0.25) is 0 Å². The second kappa shape index (κ2) is 4.68. The Labute approximate surface area is 69.3 Å². The van der Waals surface area contributed by atoms with E-state index in [9.17, 15) is 9.59 Å². The lowest BCUT2D eigenvalue weighted by molar-refractivity contribution is -0.153. The number of ether oxygens (including phenoxy) is 1. The molecule has 0 heterocycles. The summed E-state index contributed by atoms with van der Waals surface area (Å²) in [5.41, 5.74) is 1.21. The SMILES string of the molecule is C=CC(=O)OC(=O)C(C)=CCl. The summed E-state index contributed by atoms with van der Waals surface area (Å²) in [7, 11) is 0. The molecule has 11 heavy (non-hydrogen) atoms. The predicted octanol–water partition coefficient (Wildman–Crippen LogP) is 1.38. The molecule has 0 aliphatic heterocycles. The number of carbonyl (C=O) groups excluding carboxylic acids is 2. The molecule has 0 fully saturated rings. The van der Waals surface area contributed by atoms with Crippen LogP contribution in [0, 0.1) is 0 Å². The van der Waals surface area contributed by atoms with Crippen LogP contribution in [0.15, 0.2) is 23.8 Å². The lowest BCUT2D eigenvalue weighted by Gasteiger charge is -1.96. The van der Waals surface area contributed by atoms with E-state index in [1.165, 1.54) is 6.92 Å². The highest BCUT2D eigenvalue weighted by molar-refractivity contribution is 6.27. The van der Waals surface area contributed by atoms with E-state index >= 15 is 0 Å². The zero-order chi connectivity index (χ0) is 8.85. The summed E-state index contributed by atoms with van der Waals surface area (Å²) < 4.78 is 4.20. The van der Waals surface area contributed by atoms with Crippen LogP contribution in [-0.4, -0.2) is 11.9 Å². The van der Waals surface area contributed by atoms with Gasteiger partial charge in [0.25, 0.3) is 0 Å². The summed E-state index contributed by atoms with van der Waals surface area (Å²) >= 11 is 5.17. The average Bonchev–Trinajstić information content (AvgIpc) is 2.02. The number of rotatable bonds is 2. The van der Waals surface area contributed by atoms with Crippen molar-refractivity contribution >= 4 is 23.5 Å². The first-order valence-electron chi connectivity index (χ1n) is 2.77. The summed E-state index contributed by atoms with van der Waals surface area (Å²) in [5, 5.41) is 0. The van der Waals surface area contributed by atoms with Crippen LogP contribution >= 0.6 is 11.6 Å². The molecular formula is C7H7ClO3. The molecule has 0 spiro atoms. The minimum Gasteiger partial charge on any atom is -0.386 e. The maximum atomic E-state index is 10.7. The average molecular weight is 175 g/mol. The van der Waals surface area contributed by atoms with Gasteiger partial charge in [0.1, 0.15) is 0 Å². The monoisotopic (exact) mass is 174 g/mol. The van der Waals surface area contributed by atoms with Crippen molar-refractivity contribution in [1.29, 1.82) is 0 Å². The second-order valence-corrected chi connectivity index (χ2v) is 1.92. The smallest absolute Gasteiger partial charge is 0.342 e. The third-order valence-corrected chi connectivity index (χ3v) is 1.17. The maximum absolute atomic E-state index is 10.7. The Balaban J connectivity index is 4.09. The quantitative estimate of drug-likeness (QED) is 0.361. The van der Waals surface area contributed by atoms with Crippen molar-refractivity contribution in [2.75, 3.05) is 0 Å². The van der Waals surface area contributed by atoms with Crippen LogP contribution in [0.5, 0.6) is 0 Å². The lowest BCUT2D eigenvalue weighted by Crippen LogP contribution is -2.10. The molecule has 60 valence electrons. The van der Waals surface area contributed by atoms with Crippen LogP contribution in [0.2, 0.25) is 0 Å². The molecule has 0 aromatic rings. The van der Waals surface area contributed by atoms with Crippen molar-refractivity contribution in [3.8, 4) is 0 Å². The third kappa shape index (κ3) is 3.57. The Morgan fingerprint density at radius 1 is 1.55 bits per heavy atom. The van der Waals surface area contributed by atoms with Gasteiger partial charge in [-0.15, -0.1) is 0 Å². The fraction of sp³-hybridized carbons (Fsp3) is 0.143. The van der Waals surface area contributed by atoms with Gasteiger partial charge in [-0.25, -0.2) is 9.59 Å². The van der Waals surface area contributed by atoms with E-state index in [0.29, 0.717) is 0 Å². The van der Waals surface area contributed by atoms with Crippen LogP contribution in [0.25, 0.3) is 0 Å². The Bertz CT molecular complexity index is 218. The zero-order valence-corrected chi connectivity index (χ0v) is 6.72. The fourth-order valence-corrected chi connectivity index (χ4v) is 0.347. The molecule has 0 saturated heterocycles. The van der Waals surface area contributed by atoms with Gasteiger partial charge < -0.3 is 4.74 Å². The fourth-order valence-electron chi connectivity index (χ4n) is 0.258.